The second-order valence-electron chi connectivity index (χ2n) is 2.32. The van der Waals surface area contributed by atoms with E-state index in [1.165, 1.54) is 25.7 Å². The first-order chi connectivity index (χ1) is 4.41. The normalized spacial score (nSPS) is 9.00. The first kappa shape index (κ1) is 13.9. The van der Waals surface area contributed by atoms with Crippen LogP contribution in [0.25, 0.3) is 0 Å². The van der Waals surface area contributed by atoms with Crippen molar-refractivity contribution in [2.24, 2.45) is 0 Å². The van der Waals surface area contributed by atoms with E-state index in [-0.39, 0.29) is 18.9 Å². The summed E-state index contributed by atoms with van der Waals surface area (Å²) < 4.78 is 3.17. The van der Waals surface area contributed by atoms with Crippen molar-refractivity contribution in [1.29, 1.82) is 0 Å². The average Bonchev–Trinajstić information content (AvgIpc) is 1.89. The maximum atomic E-state index is 2.28. The van der Waals surface area contributed by atoms with Crippen molar-refractivity contribution < 1.29 is 0 Å². The van der Waals surface area contributed by atoms with Gasteiger partial charge in [0.2, 0.25) is 0 Å². The summed E-state index contributed by atoms with van der Waals surface area (Å²) in [5.74, 6) is 0. The molecule has 1 radical (unpaired) electrons. The van der Waals surface area contributed by atoms with Crippen LogP contribution in [0.4, 0.5) is 0 Å². The quantitative estimate of drug-likeness (QED) is 0.501. The fourth-order valence-corrected chi connectivity index (χ4v) is 3.99. The van der Waals surface area contributed by atoms with Crippen LogP contribution in [0, 0.1) is 0 Å². The Bertz CT molecular complexity index is 42.5. The van der Waals surface area contributed by atoms with Gasteiger partial charge in [0.25, 0.3) is 0 Å². The Labute approximate surface area is 87.8 Å². The molecule has 57 valence electrons. The molecule has 0 fully saturated rings. The molecule has 0 bridgehead atoms. The van der Waals surface area contributed by atoms with Crippen LogP contribution in [0.3, 0.4) is 0 Å². The molecule has 0 aliphatic rings. The molecule has 0 aromatic carbocycles. The van der Waals surface area contributed by atoms with Gasteiger partial charge in [0.05, 0.1) is 0 Å². The Kier molecular flexibility index (Phi) is 18.1. The fraction of sp³-hybridized carbons (Fsp3) is 1.00. The Morgan fingerprint density at radius 3 is 1.60 bits per heavy atom. The minimum Gasteiger partial charge on any atom is 0 e. The first-order valence-corrected chi connectivity index (χ1v) is 7.29. The van der Waals surface area contributed by atoms with Crippen molar-refractivity contribution >= 4 is 39.8 Å². The molecule has 0 atom stereocenters. The smallest absolute Gasteiger partial charge is 0 e. The summed E-state index contributed by atoms with van der Waals surface area (Å²) in [5.41, 5.74) is 0. The summed E-state index contributed by atoms with van der Waals surface area (Å²) in [6.45, 7) is 4.57. The van der Waals surface area contributed by atoms with Crippen LogP contribution in [0.1, 0.15) is 39.5 Å². The van der Waals surface area contributed by atoms with Crippen LogP contribution in [0.2, 0.25) is 8.94 Å². The van der Waals surface area contributed by atoms with Crippen molar-refractivity contribution in [2.75, 3.05) is 0 Å². The third-order valence-corrected chi connectivity index (χ3v) is 4.58. The zero-order chi connectivity index (χ0) is 6.95. The molecule has 0 saturated heterocycles. The number of rotatable bonds is 6. The molecule has 0 saturated carbocycles. The molecular weight excluding hydrogens is 231 g/mol. The standard InChI is InChI=1S/C8H18Te.Li/c1-3-5-7-9-8-6-4-2;/h3-8H2,1-2H3;. The summed E-state index contributed by atoms with van der Waals surface area (Å²) in [6.07, 6.45) is 5.78. The number of hydrogen-bond donors (Lipinski definition) is 0. The Balaban J connectivity index is 0. The molecule has 10 heavy (non-hydrogen) atoms. The van der Waals surface area contributed by atoms with Gasteiger partial charge < -0.3 is 0 Å². The van der Waals surface area contributed by atoms with Crippen molar-refractivity contribution in [3.8, 4) is 0 Å². The largest absolute Gasteiger partial charge is 0 e. The maximum Gasteiger partial charge on any atom is 0 e. The molecule has 0 aromatic heterocycles. The molecule has 0 aromatic rings. The van der Waals surface area contributed by atoms with Crippen molar-refractivity contribution in [2.45, 2.75) is 48.5 Å². The van der Waals surface area contributed by atoms with Crippen LogP contribution in [0.15, 0.2) is 0 Å². The zero-order valence-electron chi connectivity index (χ0n) is 7.65. The van der Waals surface area contributed by atoms with Gasteiger partial charge in [0, 0.05) is 18.9 Å². The van der Waals surface area contributed by atoms with Gasteiger partial charge >= 0.3 is 69.4 Å². The second-order valence-corrected chi connectivity index (χ2v) is 5.82. The molecule has 0 nitrogen and oxygen atoms in total. The molecule has 0 heterocycles. The van der Waals surface area contributed by atoms with E-state index in [1.54, 1.807) is 8.94 Å². The van der Waals surface area contributed by atoms with Crippen LogP contribution < -0.4 is 0 Å². The van der Waals surface area contributed by atoms with Gasteiger partial charge in [-0.15, -0.1) is 0 Å². The summed E-state index contributed by atoms with van der Waals surface area (Å²) >= 11 is 0.458. The zero-order valence-corrected chi connectivity index (χ0v) is 9.98. The van der Waals surface area contributed by atoms with E-state index in [9.17, 15) is 0 Å². The van der Waals surface area contributed by atoms with E-state index in [2.05, 4.69) is 13.8 Å². The van der Waals surface area contributed by atoms with E-state index in [0.29, 0.717) is 20.9 Å². The number of hydrogen-bond acceptors (Lipinski definition) is 0. The third kappa shape index (κ3) is 12.1. The minimum atomic E-state index is 0. The molecule has 2 heteroatoms. The maximum absolute atomic E-state index is 2.28. The van der Waals surface area contributed by atoms with Gasteiger partial charge in [-0.1, -0.05) is 0 Å². The second kappa shape index (κ2) is 13.0. The van der Waals surface area contributed by atoms with Crippen molar-refractivity contribution in [1.82, 2.24) is 0 Å². The van der Waals surface area contributed by atoms with E-state index >= 15 is 0 Å². The summed E-state index contributed by atoms with van der Waals surface area (Å²) in [5, 5.41) is 0. The Morgan fingerprint density at radius 2 is 1.30 bits per heavy atom. The molecule has 0 N–H and O–H groups in total. The van der Waals surface area contributed by atoms with Gasteiger partial charge in [-0.3, -0.25) is 0 Å². The van der Waals surface area contributed by atoms with E-state index in [1.807, 2.05) is 0 Å². The Hall–Kier alpha value is 1.39. The minimum absolute atomic E-state index is 0. The Morgan fingerprint density at radius 1 is 0.900 bits per heavy atom. The predicted octanol–water partition coefficient (Wildman–Crippen LogP) is 2.75. The summed E-state index contributed by atoms with van der Waals surface area (Å²) in [4.78, 5) is 0. The van der Waals surface area contributed by atoms with Crippen molar-refractivity contribution in [3.05, 3.63) is 0 Å². The van der Waals surface area contributed by atoms with Crippen LogP contribution in [-0.2, 0) is 0 Å². The topological polar surface area (TPSA) is 0 Å². The van der Waals surface area contributed by atoms with E-state index in [4.69, 9.17) is 0 Å². The van der Waals surface area contributed by atoms with Crippen molar-refractivity contribution in [3.63, 3.8) is 0 Å². The molecule has 0 aliphatic heterocycles. The van der Waals surface area contributed by atoms with Gasteiger partial charge in [0.15, 0.2) is 0 Å². The van der Waals surface area contributed by atoms with Gasteiger partial charge in [-0.05, 0) is 0 Å². The molecule has 0 rings (SSSR count). The van der Waals surface area contributed by atoms with Crippen LogP contribution >= 0.6 is 0 Å². The van der Waals surface area contributed by atoms with Gasteiger partial charge in [0.1, 0.15) is 0 Å². The fourth-order valence-electron chi connectivity index (χ4n) is 0.595. The summed E-state index contributed by atoms with van der Waals surface area (Å²) in [6, 6.07) is 0. The third-order valence-electron chi connectivity index (χ3n) is 1.28. The van der Waals surface area contributed by atoms with Gasteiger partial charge in [-0.2, -0.15) is 0 Å². The number of unbranched alkanes of at least 4 members (excludes halogenated alkanes) is 2. The average molecular weight is 249 g/mol. The monoisotopic (exact) mass is 251 g/mol. The van der Waals surface area contributed by atoms with E-state index in [0.717, 1.165) is 0 Å². The van der Waals surface area contributed by atoms with Gasteiger partial charge in [-0.25, -0.2) is 0 Å². The SMILES string of the molecule is CCCC[Te]CCCC.[Li]. The van der Waals surface area contributed by atoms with Crippen LogP contribution in [0.5, 0.6) is 0 Å². The molecule has 0 aliphatic carbocycles. The summed E-state index contributed by atoms with van der Waals surface area (Å²) in [7, 11) is 0. The molecule has 0 amide bonds. The van der Waals surface area contributed by atoms with E-state index < -0.39 is 0 Å². The van der Waals surface area contributed by atoms with Crippen LogP contribution in [-0.4, -0.2) is 39.8 Å². The molecular formula is C8H18LiTe. The molecule has 0 unspecified atom stereocenters. The first-order valence-electron chi connectivity index (χ1n) is 3.99. The predicted molar refractivity (Wildman–Crippen MR) is 50.9 cm³/mol. The molecule has 0 spiro atoms.